The summed E-state index contributed by atoms with van der Waals surface area (Å²) < 4.78 is 21.8. The molecular weight excluding hydrogens is 348 g/mol. The fourth-order valence-electron chi connectivity index (χ4n) is 2.41. The van der Waals surface area contributed by atoms with E-state index in [0.29, 0.717) is 5.69 Å². The summed E-state index contributed by atoms with van der Waals surface area (Å²) in [4.78, 5) is 0. The monoisotopic (exact) mass is 374 g/mol. The van der Waals surface area contributed by atoms with Gasteiger partial charge in [0.05, 0.1) is 17.5 Å². The Bertz CT molecular complexity index is 785. The molecule has 1 unspecified atom stereocenters. The van der Waals surface area contributed by atoms with Crippen LogP contribution in [0.25, 0.3) is 0 Å². The summed E-state index contributed by atoms with van der Waals surface area (Å²) in [5.41, 5.74) is 2.39. The molecule has 26 heavy (non-hydrogen) atoms. The van der Waals surface area contributed by atoms with Gasteiger partial charge in [-0.05, 0) is 51.0 Å². The highest BCUT2D eigenvalue weighted by Gasteiger charge is 2.30. The van der Waals surface area contributed by atoms with Gasteiger partial charge < -0.3 is 4.74 Å². The van der Waals surface area contributed by atoms with Gasteiger partial charge in [0.1, 0.15) is 11.0 Å². The molecule has 6 heteroatoms. The van der Waals surface area contributed by atoms with Crippen molar-refractivity contribution in [1.82, 2.24) is 0 Å². The fraction of sp³-hybridized carbons (Fsp3) is 0.350. The predicted molar refractivity (Wildman–Crippen MR) is 107 cm³/mol. The van der Waals surface area contributed by atoms with Crippen LogP contribution < -0.4 is 5.06 Å². The summed E-state index contributed by atoms with van der Waals surface area (Å²) in [6.45, 7) is 7.49. The molecule has 0 aromatic heterocycles. The first-order valence-corrected chi connectivity index (χ1v) is 9.49. The first-order valence-electron chi connectivity index (χ1n) is 8.39. The Kier molecular flexibility index (Phi) is 6.56. The van der Waals surface area contributed by atoms with Crippen LogP contribution in [0.2, 0.25) is 0 Å². The highest BCUT2D eigenvalue weighted by Crippen LogP contribution is 2.30. The van der Waals surface area contributed by atoms with Gasteiger partial charge in [-0.3, -0.25) is 5.21 Å². The lowest BCUT2D eigenvalue weighted by atomic mass is 10.0. The Morgan fingerprint density at radius 3 is 2.23 bits per heavy atom. The average molecular weight is 375 g/mol. The summed E-state index contributed by atoms with van der Waals surface area (Å²) >= 11 is 0. The zero-order valence-electron chi connectivity index (χ0n) is 15.8. The minimum atomic E-state index is -1.52. The molecule has 0 heterocycles. The van der Waals surface area contributed by atoms with E-state index < -0.39 is 21.8 Å². The van der Waals surface area contributed by atoms with Gasteiger partial charge in [0, 0.05) is 0 Å². The van der Waals surface area contributed by atoms with Crippen LogP contribution in [0.3, 0.4) is 0 Å². The van der Waals surface area contributed by atoms with Gasteiger partial charge in [0.15, 0.2) is 6.04 Å². The highest BCUT2D eigenvalue weighted by atomic mass is 32.2. The molecule has 0 aliphatic rings. The molecule has 5 nitrogen and oxygen atoms in total. The molecule has 2 aromatic rings. The standard InChI is InChI=1S/C20H26N2O3S/c1-15-11-9-10-14-17(15)18(22(23)16-12-7-6-8-13-16)19(25-5)21-26(24)20(2,3)4/h6-14,18,23H,1-5H3/b21-19-/t18-,26?/m0/s1. The van der Waals surface area contributed by atoms with Gasteiger partial charge in [-0.1, -0.05) is 42.5 Å². The Hall–Kier alpha value is -2.18. The maximum absolute atomic E-state index is 12.6. The van der Waals surface area contributed by atoms with Crippen molar-refractivity contribution in [3.05, 3.63) is 65.7 Å². The van der Waals surface area contributed by atoms with E-state index in [1.807, 2.05) is 70.2 Å². The number of anilines is 1. The van der Waals surface area contributed by atoms with Gasteiger partial charge in [-0.25, -0.2) is 9.27 Å². The fourth-order valence-corrected chi connectivity index (χ4v) is 3.02. The van der Waals surface area contributed by atoms with E-state index in [4.69, 9.17) is 4.74 Å². The Labute approximate surface area is 157 Å². The molecule has 0 amide bonds. The number of ether oxygens (including phenoxy) is 1. The SMILES string of the molecule is CO/C(=N\S(=O)C(C)(C)C)[C@H](c1ccccc1C)N(O)c1ccccc1. The van der Waals surface area contributed by atoms with Crippen molar-refractivity contribution >= 4 is 22.6 Å². The first kappa shape index (κ1) is 20.1. The lowest BCUT2D eigenvalue weighted by Gasteiger charge is -2.29. The normalized spacial score (nSPS) is 14.6. The van der Waals surface area contributed by atoms with Crippen LogP contribution in [-0.2, 0) is 15.7 Å². The van der Waals surface area contributed by atoms with Crippen molar-refractivity contribution in [2.75, 3.05) is 12.2 Å². The summed E-state index contributed by atoms with van der Waals surface area (Å²) in [5.74, 6) is 0.193. The van der Waals surface area contributed by atoms with Crippen molar-refractivity contribution in [1.29, 1.82) is 0 Å². The maximum Gasteiger partial charge on any atom is 0.227 e. The number of para-hydroxylation sites is 1. The number of benzene rings is 2. The van der Waals surface area contributed by atoms with Gasteiger partial charge in [-0.15, -0.1) is 0 Å². The van der Waals surface area contributed by atoms with Gasteiger partial charge in [0.2, 0.25) is 5.90 Å². The number of nitrogens with zero attached hydrogens (tertiary/aromatic N) is 2. The van der Waals surface area contributed by atoms with E-state index in [0.717, 1.165) is 16.2 Å². The topological polar surface area (TPSA) is 62.1 Å². The van der Waals surface area contributed by atoms with E-state index in [-0.39, 0.29) is 5.90 Å². The quantitative estimate of drug-likeness (QED) is 0.477. The van der Waals surface area contributed by atoms with Crippen molar-refractivity contribution in [3.63, 3.8) is 0 Å². The lowest BCUT2D eigenvalue weighted by molar-refractivity contribution is 0.225. The lowest BCUT2D eigenvalue weighted by Crippen LogP contribution is -2.34. The maximum atomic E-state index is 12.6. The molecule has 1 N–H and O–H groups in total. The Morgan fingerprint density at radius 1 is 1.12 bits per heavy atom. The predicted octanol–water partition coefficient (Wildman–Crippen LogP) is 4.44. The second kappa shape index (κ2) is 8.47. The second-order valence-electron chi connectivity index (χ2n) is 6.93. The van der Waals surface area contributed by atoms with Gasteiger partial charge >= 0.3 is 0 Å². The van der Waals surface area contributed by atoms with E-state index in [9.17, 15) is 9.42 Å². The number of hydrogen-bond acceptors (Lipinski definition) is 4. The summed E-state index contributed by atoms with van der Waals surface area (Å²) in [6, 6.07) is 16.1. The van der Waals surface area contributed by atoms with Crippen LogP contribution in [0.15, 0.2) is 59.0 Å². The molecule has 2 aromatic carbocycles. The molecule has 0 saturated carbocycles. The van der Waals surface area contributed by atoms with E-state index in [1.54, 1.807) is 12.1 Å². The smallest absolute Gasteiger partial charge is 0.227 e. The van der Waals surface area contributed by atoms with E-state index in [1.165, 1.54) is 7.11 Å². The minimum Gasteiger partial charge on any atom is -0.482 e. The number of rotatable bonds is 5. The molecule has 140 valence electrons. The first-order chi connectivity index (χ1) is 12.3. The van der Waals surface area contributed by atoms with Gasteiger partial charge in [0.25, 0.3) is 0 Å². The molecule has 0 fully saturated rings. The summed E-state index contributed by atoms with van der Waals surface area (Å²) in [5, 5.41) is 12.1. The van der Waals surface area contributed by atoms with Gasteiger partial charge in [-0.2, -0.15) is 4.40 Å². The van der Waals surface area contributed by atoms with Crippen molar-refractivity contribution < 1.29 is 14.2 Å². The molecule has 0 aliphatic carbocycles. The second-order valence-corrected chi connectivity index (χ2v) is 8.84. The molecule has 0 spiro atoms. The number of hydroxylamine groups is 1. The molecule has 2 rings (SSSR count). The largest absolute Gasteiger partial charge is 0.482 e. The minimum absolute atomic E-state index is 0.193. The summed E-state index contributed by atoms with van der Waals surface area (Å²) in [7, 11) is -0.0410. The number of hydrogen-bond donors (Lipinski definition) is 1. The molecule has 0 aliphatic heterocycles. The van der Waals surface area contributed by atoms with E-state index in [2.05, 4.69) is 4.40 Å². The molecular formula is C20H26N2O3S. The Morgan fingerprint density at radius 2 is 1.69 bits per heavy atom. The molecule has 0 saturated heterocycles. The van der Waals surface area contributed by atoms with Crippen LogP contribution in [0, 0.1) is 6.92 Å². The van der Waals surface area contributed by atoms with E-state index >= 15 is 0 Å². The van der Waals surface area contributed by atoms with Crippen molar-refractivity contribution in [2.24, 2.45) is 4.40 Å². The number of methoxy groups -OCH3 is 1. The van der Waals surface area contributed by atoms with Crippen LogP contribution in [0.1, 0.15) is 37.9 Å². The third-order valence-electron chi connectivity index (χ3n) is 3.89. The molecule has 2 atom stereocenters. The Balaban J connectivity index is 2.58. The third-order valence-corrected chi connectivity index (χ3v) is 5.28. The molecule has 0 bridgehead atoms. The van der Waals surface area contributed by atoms with Crippen molar-refractivity contribution in [2.45, 2.75) is 38.5 Å². The van der Waals surface area contributed by atoms with Crippen molar-refractivity contribution in [3.8, 4) is 0 Å². The highest BCUT2D eigenvalue weighted by molar-refractivity contribution is 7.85. The average Bonchev–Trinajstić information content (AvgIpc) is 2.62. The molecule has 0 radical (unpaired) electrons. The van der Waals surface area contributed by atoms with Crippen LogP contribution in [0.5, 0.6) is 0 Å². The number of aryl methyl sites for hydroxylation is 1. The third kappa shape index (κ3) is 4.71. The summed E-state index contributed by atoms with van der Waals surface area (Å²) in [6.07, 6.45) is 0. The van der Waals surface area contributed by atoms with Crippen LogP contribution in [-0.4, -0.2) is 27.2 Å². The zero-order chi connectivity index (χ0) is 19.3. The van der Waals surface area contributed by atoms with Crippen LogP contribution >= 0.6 is 0 Å². The zero-order valence-corrected chi connectivity index (χ0v) is 16.7. The van der Waals surface area contributed by atoms with Crippen LogP contribution in [0.4, 0.5) is 5.69 Å².